The van der Waals surface area contributed by atoms with Crippen LogP contribution in [0.1, 0.15) is 49.8 Å². The minimum absolute atomic E-state index is 0.0576. The molecule has 1 amide bonds. The summed E-state index contributed by atoms with van der Waals surface area (Å²) in [4.78, 5) is 14.2. The average Bonchev–Trinajstić information content (AvgIpc) is 2.74. The Morgan fingerprint density at radius 1 is 1.14 bits per heavy atom. The SMILES string of the molecule is CCCCOC(=O)N1CCCC(NC2c3ccccc3Oc3ccccc32)C1. The van der Waals surface area contributed by atoms with Crippen molar-refractivity contribution in [3.8, 4) is 11.5 Å². The molecule has 148 valence electrons. The number of unbranched alkanes of at least 4 members (excludes halogenated alkanes) is 1. The Morgan fingerprint density at radius 3 is 2.50 bits per heavy atom. The number of amides is 1. The van der Waals surface area contributed by atoms with E-state index in [9.17, 15) is 4.79 Å². The first-order chi connectivity index (χ1) is 13.8. The lowest BCUT2D eigenvalue weighted by molar-refractivity contribution is 0.0868. The second-order valence-electron chi connectivity index (χ2n) is 7.53. The van der Waals surface area contributed by atoms with E-state index < -0.39 is 0 Å². The van der Waals surface area contributed by atoms with Crippen LogP contribution >= 0.6 is 0 Å². The van der Waals surface area contributed by atoms with Crippen LogP contribution in [0.25, 0.3) is 0 Å². The molecule has 2 aromatic rings. The number of hydrogen-bond acceptors (Lipinski definition) is 4. The quantitative estimate of drug-likeness (QED) is 0.752. The second-order valence-corrected chi connectivity index (χ2v) is 7.53. The summed E-state index contributed by atoms with van der Waals surface area (Å²) in [6, 6.07) is 16.6. The van der Waals surface area contributed by atoms with Gasteiger partial charge in [0.15, 0.2) is 0 Å². The highest BCUT2D eigenvalue weighted by molar-refractivity contribution is 5.67. The fraction of sp³-hybridized carbons (Fsp3) is 0.435. The van der Waals surface area contributed by atoms with Gasteiger partial charge in [0.1, 0.15) is 11.5 Å². The van der Waals surface area contributed by atoms with Crippen LogP contribution in [0.5, 0.6) is 11.5 Å². The summed E-state index contributed by atoms with van der Waals surface area (Å²) < 4.78 is 11.5. The number of carbonyl (C=O) groups excluding carboxylic acids is 1. The third-order valence-corrected chi connectivity index (χ3v) is 5.49. The smallest absolute Gasteiger partial charge is 0.409 e. The Kier molecular flexibility index (Phi) is 5.81. The van der Waals surface area contributed by atoms with Crippen molar-refractivity contribution < 1.29 is 14.3 Å². The van der Waals surface area contributed by atoms with E-state index in [1.807, 2.05) is 41.3 Å². The molecule has 0 spiro atoms. The molecule has 1 unspecified atom stereocenters. The summed E-state index contributed by atoms with van der Waals surface area (Å²) in [5.74, 6) is 1.79. The van der Waals surface area contributed by atoms with E-state index in [1.165, 1.54) is 0 Å². The summed E-state index contributed by atoms with van der Waals surface area (Å²) in [5, 5.41) is 3.79. The normalized spacial score (nSPS) is 18.8. The highest BCUT2D eigenvalue weighted by atomic mass is 16.6. The fourth-order valence-corrected chi connectivity index (χ4v) is 4.00. The molecule has 2 aliphatic rings. The Hall–Kier alpha value is -2.53. The minimum Gasteiger partial charge on any atom is -0.457 e. The van der Waals surface area contributed by atoms with Crippen LogP contribution in [0.15, 0.2) is 48.5 Å². The molecule has 4 rings (SSSR count). The van der Waals surface area contributed by atoms with Crippen molar-refractivity contribution in [1.29, 1.82) is 0 Å². The third-order valence-electron chi connectivity index (χ3n) is 5.49. The van der Waals surface area contributed by atoms with Crippen LogP contribution in [0.4, 0.5) is 4.79 Å². The zero-order valence-corrected chi connectivity index (χ0v) is 16.4. The molecule has 5 nitrogen and oxygen atoms in total. The van der Waals surface area contributed by atoms with Crippen molar-refractivity contribution in [3.05, 3.63) is 59.7 Å². The first kappa shape index (κ1) is 18.8. The van der Waals surface area contributed by atoms with Gasteiger partial charge in [-0.15, -0.1) is 0 Å². The zero-order chi connectivity index (χ0) is 19.3. The van der Waals surface area contributed by atoms with Crippen LogP contribution < -0.4 is 10.1 Å². The number of likely N-dealkylation sites (tertiary alicyclic amines) is 1. The lowest BCUT2D eigenvalue weighted by Crippen LogP contribution is -2.49. The molecule has 28 heavy (non-hydrogen) atoms. The number of benzene rings is 2. The maximum Gasteiger partial charge on any atom is 0.409 e. The maximum absolute atomic E-state index is 12.4. The topological polar surface area (TPSA) is 50.8 Å². The van der Waals surface area contributed by atoms with E-state index in [-0.39, 0.29) is 18.2 Å². The predicted octanol–water partition coefficient (Wildman–Crippen LogP) is 4.87. The second kappa shape index (κ2) is 8.65. The van der Waals surface area contributed by atoms with Crippen LogP contribution in [0.2, 0.25) is 0 Å². The number of para-hydroxylation sites is 2. The number of carbonyl (C=O) groups is 1. The molecule has 2 heterocycles. The van der Waals surface area contributed by atoms with Crippen molar-refractivity contribution in [3.63, 3.8) is 0 Å². The fourth-order valence-electron chi connectivity index (χ4n) is 4.00. The molecule has 0 aliphatic carbocycles. The maximum atomic E-state index is 12.4. The number of fused-ring (bicyclic) bond motifs is 2. The van der Waals surface area contributed by atoms with Crippen molar-refractivity contribution in [1.82, 2.24) is 10.2 Å². The Bertz CT molecular complexity index is 777. The van der Waals surface area contributed by atoms with Crippen LogP contribution in [0, 0.1) is 0 Å². The summed E-state index contributed by atoms with van der Waals surface area (Å²) in [6.45, 7) is 4.04. The molecule has 1 fully saturated rings. The highest BCUT2D eigenvalue weighted by Gasteiger charge is 2.31. The van der Waals surface area contributed by atoms with E-state index in [0.29, 0.717) is 13.2 Å². The number of rotatable bonds is 5. The summed E-state index contributed by atoms with van der Waals surface area (Å²) in [6.07, 6.45) is 3.78. The predicted molar refractivity (Wildman–Crippen MR) is 109 cm³/mol. The van der Waals surface area contributed by atoms with Gasteiger partial charge in [-0.2, -0.15) is 0 Å². The molecule has 5 heteroatoms. The molecule has 1 N–H and O–H groups in total. The van der Waals surface area contributed by atoms with Crippen LogP contribution in [0.3, 0.4) is 0 Å². The monoisotopic (exact) mass is 380 g/mol. The minimum atomic E-state index is -0.187. The largest absolute Gasteiger partial charge is 0.457 e. The van der Waals surface area contributed by atoms with Crippen molar-refractivity contribution in [2.45, 2.75) is 44.7 Å². The highest BCUT2D eigenvalue weighted by Crippen LogP contribution is 2.42. The first-order valence-corrected chi connectivity index (χ1v) is 10.3. The number of nitrogens with one attached hydrogen (secondary N) is 1. The van der Waals surface area contributed by atoms with Gasteiger partial charge < -0.3 is 19.7 Å². The Balaban J connectivity index is 1.49. The molecular weight excluding hydrogens is 352 g/mol. The van der Waals surface area contributed by atoms with E-state index in [4.69, 9.17) is 9.47 Å². The van der Waals surface area contributed by atoms with Crippen LogP contribution in [-0.2, 0) is 4.74 Å². The van der Waals surface area contributed by atoms with Gasteiger partial charge in [-0.05, 0) is 31.4 Å². The molecule has 2 aliphatic heterocycles. The molecule has 0 aromatic heterocycles. The molecule has 0 radical (unpaired) electrons. The zero-order valence-electron chi connectivity index (χ0n) is 16.4. The van der Waals surface area contributed by atoms with Gasteiger partial charge in [-0.1, -0.05) is 49.7 Å². The number of piperidine rings is 1. The molecule has 2 aromatic carbocycles. The van der Waals surface area contributed by atoms with E-state index >= 15 is 0 Å². The number of hydrogen-bond donors (Lipinski definition) is 1. The standard InChI is InChI=1S/C23H28N2O3/c1-2-3-15-27-23(26)25-14-8-9-17(16-25)24-22-18-10-4-6-12-20(18)28-21-13-7-5-11-19(21)22/h4-7,10-13,17,22,24H,2-3,8-9,14-16H2,1H3. The van der Waals surface area contributed by atoms with Gasteiger partial charge in [0, 0.05) is 30.3 Å². The Morgan fingerprint density at radius 2 is 1.82 bits per heavy atom. The third kappa shape index (κ3) is 3.99. The van der Waals surface area contributed by atoms with Crippen molar-refractivity contribution in [2.24, 2.45) is 0 Å². The molecular formula is C23H28N2O3. The van der Waals surface area contributed by atoms with Gasteiger partial charge in [-0.25, -0.2) is 4.79 Å². The van der Waals surface area contributed by atoms with Gasteiger partial charge in [0.25, 0.3) is 0 Å². The average molecular weight is 380 g/mol. The summed E-state index contributed by atoms with van der Waals surface area (Å²) in [5.41, 5.74) is 2.28. The van der Waals surface area contributed by atoms with E-state index in [2.05, 4.69) is 24.4 Å². The van der Waals surface area contributed by atoms with Gasteiger partial charge >= 0.3 is 6.09 Å². The summed E-state index contributed by atoms with van der Waals surface area (Å²) in [7, 11) is 0. The Labute approximate surface area is 166 Å². The number of ether oxygens (including phenoxy) is 2. The van der Waals surface area contributed by atoms with E-state index in [0.717, 1.165) is 54.9 Å². The molecule has 1 atom stereocenters. The molecule has 0 bridgehead atoms. The van der Waals surface area contributed by atoms with Gasteiger partial charge in [0.2, 0.25) is 0 Å². The first-order valence-electron chi connectivity index (χ1n) is 10.3. The molecule has 1 saturated heterocycles. The number of nitrogens with zero attached hydrogens (tertiary/aromatic N) is 1. The lowest BCUT2D eigenvalue weighted by Gasteiger charge is -2.37. The van der Waals surface area contributed by atoms with Gasteiger partial charge in [-0.3, -0.25) is 0 Å². The lowest BCUT2D eigenvalue weighted by atomic mass is 9.93. The van der Waals surface area contributed by atoms with E-state index in [1.54, 1.807) is 0 Å². The van der Waals surface area contributed by atoms with Crippen molar-refractivity contribution in [2.75, 3.05) is 19.7 Å². The summed E-state index contributed by atoms with van der Waals surface area (Å²) >= 11 is 0. The van der Waals surface area contributed by atoms with Crippen LogP contribution in [-0.4, -0.2) is 36.7 Å². The van der Waals surface area contributed by atoms with Crippen molar-refractivity contribution >= 4 is 6.09 Å². The molecule has 0 saturated carbocycles. The van der Waals surface area contributed by atoms with Gasteiger partial charge in [0.05, 0.1) is 12.6 Å².